The normalized spacial score (nSPS) is 17.0. The van der Waals surface area contributed by atoms with Gasteiger partial charge < -0.3 is 4.90 Å². The highest BCUT2D eigenvalue weighted by Crippen LogP contribution is 2.27. The molecule has 26 heavy (non-hydrogen) atoms. The van der Waals surface area contributed by atoms with Gasteiger partial charge in [-0.2, -0.15) is 5.10 Å². The SMILES string of the molecule is O=C1C[C@@H](c2ncnn2CCc2ccccc2)CN1Cc1cccnc1. The molecule has 1 aromatic carbocycles. The fourth-order valence-electron chi connectivity index (χ4n) is 3.45. The second-order valence-electron chi connectivity index (χ2n) is 6.61. The first-order valence-electron chi connectivity index (χ1n) is 8.88. The molecule has 1 fully saturated rings. The summed E-state index contributed by atoms with van der Waals surface area (Å²) in [6.45, 7) is 2.05. The molecular weight excluding hydrogens is 326 g/mol. The summed E-state index contributed by atoms with van der Waals surface area (Å²) in [5.41, 5.74) is 2.32. The van der Waals surface area contributed by atoms with E-state index < -0.39 is 0 Å². The minimum absolute atomic E-state index is 0.0949. The van der Waals surface area contributed by atoms with E-state index in [1.165, 1.54) is 5.56 Å². The van der Waals surface area contributed by atoms with Gasteiger partial charge in [-0.05, 0) is 23.6 Å². The maximum Gasteiger partial charge on any atom is 0.223 e. The molecule has 1 amide bonds. The molecule has 1 aliphatic heterocycles. The number of hydrogen-bond donors (Lipinski definition) is 0. The Balaban J connectivity index is 1.42. The van der Waals surface area contributed by atoms with Gasteiger partial charge in [-0.3, -0.25) is 9.78 Å². The lowest BCUT2D eigenvalue weighted by Crippen LogP contribution is -2.24. The van der Waals surface area contributed by atoms with E-state index in [1.54, 1.807) is 12.5 Å². The number of pyridine rings is 1. The van der Waals surface area contributed by atoms with Crippen LogP contribution < -0.4 is 0 Å². The summed E-state index contributed by atoms with van der Waals surface area (Å²) in [4.78, 5) is 22.9. The number of amides is 1. The highest BCUT2D eigenvalue weighted by Gasteiger charge is 2.33. The Morgan fingerprint density at radius 1 is 1.08 bits per heavy atom. The van der Waals surface area contributed by atoms with Crippen molar-refractivity contribution in [3.05, 3.63) is 78.1 Å². The highest BCUT2D eigenvalue weighted by molar-refractivity contribution is 5.79. The summed E-state index contributed by atoms with van der Waals surface area (Å²) in [5, 5.41) is 4.38. The monoisotopic (exact) mass is 347 g/mol. The molecule has 0 bridgehead atoms. The Kier molecular flexibility index (Phi) is 4.73. The van der Waals surface area contributed by atoms with Crippen LogP contribution in [0.15, 0.2) is 61.2 Å². The first kappa shape index (κ1) is 16.4. The maximum atomic E-state index is 12.4. The third-order valence-electron chi connectivity index (χ3n) is 4.78. The van der Waals surface area contributed by atoms with Gasteiger partial charge >= 0.3 is 0 Å². The van der Waals surface area contributed by atoms with Crippen LogP contribution in [0.4, 0.5) is 0 Å². The van der Waals surface area contributed by atoms with Crippen molar-refractivity contribution in [1.82, 2.24) is 24.6 Å². The maximum absolute atomic E-state index is 12.4. The molecule has 0 N–H and O–H groups in total. The second kappa shape index (κ2) is 7.47. The van der Waals surface area contributed by atoms with Crippen molar-refractivity contribution < 1.29 is 4.79 Å². The molecule has 0 unspecified atom stereocenters. The van der Waals surface area contributed by atoms with Crippen LogP contribution >= 0.6 is 0 Å². The van der Waals surface area contributed by atoms with Crippen molar-refractivity contribution >= 4 is 5.91 Å². The zero-order valence-corrected chi connectivity index (χ0v) is 14.5. The van der Waals surface area contributed by atoms with Gasteiger partial charge in [0.1, 0.15) is 12.2 Å². The molecular formula is C20H21N5O. The van der Waals surface area contributed by atoms with Crippen LogP contribution in [-0.4, -0.2) is 37.1 Å². The Labute approximate surface area is 152 Å². The zero-order chi connectivity index (χ0) is 17.8. The van der Waals surface area contributed by atoms with Gasteiger partial charge in [0.2, 0.25) is 5.91 Å². The quantitative estimate of drug-likeness (QED) is 0.687. The summed E-state index contributed by atoms with van der Waals surface area (Å²) in [7, 11) is 0. The minimum Gasteiger partial charge on any atom is -0.338 e. The molecule has 0 spiro atoms. The lowest BCUT2D eigenvalue weighted by molar-refractivity contribution is -0.128. The number of aromatic nitrogens is 4. The lowest BCUT2D eigenvalue weighted by Gasteiger charge is -2.16. The summed E-state index contributed by atoms with van der Waals surface area (Å²) < 4.78 is 1.94. The topological polar surface area (TPSA) is 63.9 Å². The first-order valence-corrected chi connectivity index (χ1v) is 8.88. The van der Waals surface area contributed by atoms with Crippen molar-refractivity contribution in [1.29, 1.82) is 0 Å². The largest absolute Gasteiger partial charge is 0.338 e. The number of nitrogens with zero attached hydrogens (tertiary/aromatic N) is 5. The van der Waals surface area contributed by atoms with E-state index >= 15 is 0 Å². The van der Waals surface area contributed by atoms with Crippen molar-refractivity contribution in [2.45, 2.75) is 31.8 Å². The van der Waals surface area contributed by atoms with E-state index in [9.17, 15) is 4.79 Å². The Morgan fingerprint density at radius 3 is 2.73 bits per heavy atom. The van der Waals surface area contributed by atoms with Crippen LogP contribution in [0.1, 0.15) is 29.3 Å². The molecule has 2 aromatic heterocycles. The summed E-state index contributed by atoms with van der Waals surface area (Å²) >= 11 is 0. The Hall–Kier alpha value is -3.02. The zero-order valence-electron chi connectivity index (χ0n) is 14.5. The van der Waals surface area contributed by atoms with Crippen LogP contribution in [0.5, 0.6) is 0 Å². The van der Waals surface area contributed by atoms with E-state index in [0.717, 1.165) is 24.4 Å². The standard InChI is InChI=1S/C20H21N5O/c26-19-11-18(14-24(19)13-17-7-4-9-21-12-17)20-22-15-23-25(20)10-8-16-5-2-1-3-6-16/h1-7,9,12,15,18H,8,10-11,13-14H2/t18-/m1/s1. The van der Waals surface area contributed by atoms with Gasteiger partial charge in [-0.1, -0.05) is 36.4 Å². The van der Waals surface area contributed by atoms with E-state index in [2.05, 4.69) is 27.2 Å². The number of carbonyl (C=O) groups excluding carboxylic acids is 1. The molecule has 1 aliphatic rings. The average Bonchev–Trinajstić information content (AvgIpc) is 3.28. The highest BCUT2D eigenvalue weighted by atomic mass is 16.2. The predicted molar refractivity (Wildman–Crippen MR) is 97.2 cm³/mol. The smallest absolute Gasteiger partial charge is 0.223 e. The number of carbonyl (C=O) groups is 1. The fraction of sp³-hybridized carbons (Fsp3) is 0.300. The Morgan fingerprint density at radius 2 is 1.92 bits per heavy atom. The summed E-state index contributed by atoms with van der Waals surface area (Å²) in [6.07, 6.45) is 6.53. The van der Waals surface area contributed by atoms with Gasteiger partial charge in [0, 0.05) is 44.4 Å². The molecule has 132 valence electrons. The van der Waals surface area contributed by atoms with Crippen LogP contribution in [0, 0.1) is 0 Å². The molecule has 4 rings (SSSR count). The van der Waals surface area contributed by atoms with E-state index in [4.69, 9.17) is 0 Å². The van der Waals surface area contributed by atoms with E-state index in [-0.39, 0.29) is 11.8 Å². The van der Waals surface area contributed by atoms with Crippen LogP contribution in [0.2, 0.25) is 0 Å². The van der Waals surface area contributed by atoms with Gasteiger partial charge in [0.05, 0.1) is 0 Å². The molecule has 6 nitrogen and oxygen atoms in total. The van der Waals surface area contributed by atoms with Crippen LogP contribution in [0.25, 0.3) is 0 Å². The first-order chi connectivity index (χ1) is 12.8. The fourth-order valence-corrected chi connectivity index (χ4v) is 3.45. The van der Waals surface area contributed by atoms with Gasteiger partial charge in [0.25, 0.3) is 0 Å². The molecule has 0 aliphatic carbocycles. The van der Waals surface area contributed by atoms with Crippen LogP contribution in [-0.2, 0) is 24.3 Å². The van der Waals surface area contributed by atoms with Crippen molar-refractivity contribution in [3.63, 3.8) is 0 Å². The van der Waals surface area contributed by atoms with Crippen molar-refractivity contribution in [3.8, 4) is 0 Å². The molecule has 3 aromatic rings. The number of likely N-dealkylation sites (tertiary alicyclic amines) is 1. The lowest BCUT2D eigenvalue weighted by atomic mass is 10.1. The number of hydrogen-bond acceptors (Lipinski definition) is 4. The second-order valence-corrected chi connectivity index (χ2v) is 6.61. The van der Waals surface area contributed by atoms with E-state index in [1.807, 2.05) is 46.1 Å². The third-order valence-corrected chi connectivity index (χ3v) is 4.78. The van der Waals surface area contributed by atoms with E-state index in [0.29, 0.717) is 19.5 Å². The third kappa shape index (κ3) is 3.64. The van der Waals surface area contributed by atoms with Crippen molar-refractivity contribution in [2.75, 3.05) is 6.54 Å². The average molecular weight is 347 g/mol. The van der Waals surface area contributed by atoms with Gasteiger partial charge in [0.15, 0.2) is 0 Å². The van der Waals surface area contributed by atoms with Crippen LogP contribution in [0.3, 0.4) is 0 Å². The van der Waals surface area contributed by atoms with Gasteiger partial charge in [-0.15, -0.1) is 0 Å². The summed E-state index contributed by atoms with van der Waals surface area (Å²) in [5.74, 6) is 1.16. The molecule has 1 saturated heterocycles. The van der Waals surface area contributed by atoms with Crippen molar-refractivity contribution in [2.24, 2.45) is 0 Å². The predicted octanol–water partition coefficient (Wildman–Crippen LogP) is 2.43. The molecule has 0 saturated carbocycles. The number of aryl methyl sites for hydroxylation is 2. The molecule has 1 atom stereocenters. The molecule has 3 heterocycles. The minimum atomic E-state index is 0.0949. The molecule has 0 radical (unpaired) electrons. The number of rotatable bonds is 6. The molecule has 6 heteroatoms. The summed E-state index contributed by atoms with van der Waals surface area (Å²) in [6, 6.07) is 14.2. The van der Waals surface area contributed by atoms with Gasteiger partial charge in [-0.25, -0.2) is 9.67 Å². The number of benzene rings is 1. The Bertz CT molecular complexity index is 862.